The number of nitrogen functional groups attached to an aromatic ring is 1. The number of amides is 1. The van der Waals surface area contributed by atoms with Gasteiger partial charge in [0.1, 0.15) is 0 Å². The molecule has 1 aliphatic heterocycles. The minimum Gasteiger partial charge on any atom is -0.399 e. The predicted molar refractivity (Wildman–Crippen MR) is 83.1 cm³/mol. The zero-order valence-corrected chi connectivity index (χ0v) is 12.3. The topological polar surface area (TPSA) is 67.6 Å². The lowest BCUT2D eigenvalue weighted by atomic mass is 9.90. The molecule has 2 fully saturated rings. The summed E-state index contributed by atoms with van der Waals surface area (Å²) >= 11 is 0. The van der Waals surface area contributed by atoms with Crippen LogP contribution in [0.4, 0.5) is 11.4 Å². The minimum atomic E-state index is 0.0333. The van der Waals surface area contributed by atoms with Gasteiger partial charge in [0.05, 0.1) is 19.3 Å². The van der Waals surface area contributed by atoms with E-state index >= 15 is 0 Å². The van der Waals surface area contributed by atoms with Crippen molar-refractivity contribution < 1.29 is 9.53 Å². The average Bonchev–Trinajstić information content (AvgIpc) is 2.50. The van der Waals surface area contributed by atoms with Crippen LogP contribution in [0.15, 0.2) is 24.3 Å². The monoisotopic (exact) mass is 289 g/mol. The van der Waals surface area contributed by atoms with Crippen molar-refractivity contribution in [2.24, 2.45) is 0 Å². The number of nitrogens with zero attached hydrogens (tertiary/aromatic N) is 1. The van der Waals surface area contributed by atoms with Gasteiger partial charge in [-0.05, 0) is 37.1 Å². The normalized spacial score (nSPS) is 26.1. The van der Waals surface area contributed by atoms with Crippen molar-refractivity contribution in [3.05, 3.63) is 24.3 Å². The van der Waals surface area contributed by atoms with Crippen LogP contribution in [0.3, 0.4) is 0 Å². The molecular formula is C16H23N3O2. The number of benzene rings is 1. The summed E-state index contributed by atoms with van der Waals surface area (Å²) in [5.41, 5.74) is 7.14. The zero-order valence-electron chi connectivity index (χ0n) is 12.3. The second-order valence-corrected chi connectivity index (χ2v) is 5.90. The van der Waals surface area contributed by atoms with Crippen LogP contribution in [0.2, 0.25) is 0 Å². The molecule has 1 aliphatic carbocycles. The number of carbonyl (C=O) groups excluding carboxylic acids is 1. The van der Waals surface area contributed by atoms with E-state index in [1.54, 1.807) is 12.1 Å². The van der Waals surface area contributed by atoms with Crippen molar-refractivity contribution in [2.75, 3.05) is 30.7 Å². The summed E-state index contributed by atoms with van der Waals surface area (Å²) < 4.78 is 5.84. The fourth-order valence-corrected chi connectivity index (χ4v) is 3.32. The van der Waals surface area contributed by atoms with Crippen molar-refractivity contribution in [1.82, 2.24) is 4.90 Å². The van der Waals surface area contributed by atoms with Gasteiger partial charge in [-0.15, -0.1) is 0 Å². The molecule has 1 amide bonds. The quantitative estimate of drug-likeness (QED) is 0.833. The number of hydrogen-bond acceptors (Lipinski definition) is 4. The summed E-state index contributed by atoms with van der Waals surface area (Å²) in [6.07, 6.45) is 5.06. The maximum absolute atomic E-state index is 12.2. The molecule has 5 heteroatoms. The molecule has 1 aromatic carbocycles. The van der Waals surface area contributed by atoms with E-state index < -0.39 is 0 Å². The highest BCUT2D eigenvalue weighted by molar-refractivity contribution is 5.92. The van der Waals surface area contributed by atoms with E-state index in [0.29, 0.717) is 24.4 Å². The molecule has 1 aromatic rings. The Balaban J connectivity index is 1.57. The number of anilines is 2. The van der Waals surface area contributed by atoms with Crippen molar-refractivity contribution in [2.45, 2.75) is 37.8 Å². The molecule has 2 atom stereocenters. The Labute approximate surface area is 125 Å². The Morgan fingerprint density at radius 1 is 1.29 bits per heavy atom. The second-order valence-electron chi connectivity index (χ2n) is 5.90. The predicted octanol–water partition coefficient (Wildman–Crippen LogP) is 1.85. The molecular weight excluding hydrogens is 266 g/mol. The van der Waals surface area contributed by atoms with Crippen LogP contribution >= 0.6 is 0 Å². The maximum atomic E-state index is 12.2. The van der Waals surface area contributed by atoms with Gasteiger partial charge in [-0.3, -0.25) is 9.69 Å². The van der Waals surface area contributed by atoms with E-state index in [9.17, 15) is 4.79 Å². The van der Waals surface area contributed by atoms with Crippen LogP contribution < -0.4 is 11.1 Å². The Bertz CT molecular complexity index is 487. The second kappa shape index (κ2) is 6.45. The molecule has 3 rings (SSSR count). The Kier molecular flexibility index (Phi) is 4.41. The molecule has 5 nitrogen and oxygen atoms in total. The molecule has 0 radical (unpaired) electrons. The smallest absolute Gasteiger partial charge is 0.238 e. The van der Waals surface area contributed by atoms with Gasteiger partial charge in [-0.25, -0.2) is 0 Å². The first-order valence-corrected chi connectivity index (χ1v) is 7.73. The van der Waals surface area contributed by atoms with Crippen molar-refractivity contribution in [3.8, 4) is 0 Å². The van der Waals surface area contributed by atoms with Gasteiger partial charge in [0, 0.05) is 24.0 Å². The molecule has 2 unspecified atom stereocenters. The first-order chi connectivity index (χ1) is 10.2. The minimum absolute atomic E-state index is 0.0333. The molecule has 114 valence electrons. The first-order valence-electron chi connectivity index (χ1n) is 7.73. The van der Waals surface area contributed by atoms with Crippen LogP contribution in [0.1, 0.15) is 25.7 Å². The number of carbonyl (C=O) groups is 1. The number of ether oxygens (including phenoxy) is 1. The fourth-order valence-electron chi connectivity index (χ4n) is 3.32. The van der Waals surface area contributed by atoms with Crippen LogP contribution in [0.5, 0.6) is 0 Å². The molecule has 1 heterocycles. The van der Waals surface area contributed by atoms with Crippen molar-refractivity contribution >= 4 is 17.3 Å². The SMILES string of the molecule is Nc1ccc(NC(=O)CN2CCOC3CCCCC32)cc1. The number of rotatable bonds is 3. The van der Waals surface area contributed by atoms with Gasteiger partial charge >= 0.3 is 0 Å². The van der Waals surface area contributed by atoms with E-state index in [0.717, 1.165) is 31.7 Å². The molecule has 1 saturated carbocycles. The number of morpholine rings is 1. The molecule has 0 bridgehead atoms. The van der Waals surface area contributed by atoms with Gasteiger partial charge < -0.3 is 15.8 Å². The molecule has 21 heavy (non-hydrogen) atoms. The van der Waals surface area contributed by atoms with Crippen LogP contribution in [0.25, 0.3) is 0 Å². The lowest BCUT2D eigenvalue weighted by molar-refractivity contribution is -0.124. The lowest BCUT2D eigenvalue weighted by Crippen LogP contribution is -2.54. The molecule has 0 aromatic heterocycles. The molecule has 3 N–H and O–H groups in total. The summed E-state index contributed by atoms with van der Waals surface area (Å²) in [6.45, 7) is 2.02. The van der Waals surface area contributed by atoms with Gasteiger partial charge in [0.25, 0.3) is 0 Å². The summed E-state index contributed by atoms with van der Waals surface area (Å²) in [4.78, 5) is 14.5. The first kappa shape index (κ1) is 14.4. The van der Waals surface area contributed by atoms with Crippen LogP contribution in [-0.4, -0.2) is 42.6 Å². The Morgan fingerprint density at radius 2 is 2.05 bits per heavy atom. The number of fused-ring (bicyclic) bond motifs is 1. The van der Waals surface area contributed by atoms with Gasteiger partial charge in [0.2, 0.25) is 5.91 Å². The number of nitrogens with one attached hydrogen (secondary N) is 1. The number of hydrogen-bond donors (Lipinski definition) is 2. The highest BCUT2D eigenvalue weighted by Gasteiger charge is 2.34. The third-order valence-corrected chi connectivity index (χ3v) is 4.39. The standard InChI is InChI=1S/C16H23N3O2/c17-12-5-7-13(8-6-12)18-16(20)11-19-9-10-21-15-4-2-1-3-14(15)19/h5-8,14-15H,1-4,9-11,17H2,(H,18,20). The van der Waals surface area contributed by atoms with Crippen molar-refractivity contribution in [3.63, 3.8) is 0 Å². The summed E-state index contributed by atoms with van der Waals surface area (Å²) in [6, 6.07) is 7.65. The summed E-state index contributed by atoms with van der Waals surface area (Å²) in [7, 11) is 0. The van der Waals surface area contributed by atoms with Gasteiger partial charge in [-0.1, -0.05) is 12.8 Å². The lowest BCUT2D eigenvalue weighted by Gasteiger charge is -2.43. The highest BCUT2D eigenvalue weighted by Crippen LogP contribution is 2.28. The Hall–Kier alpha value is -1.59. The average molecular weight is 289 g/mol. The molecule has 1 saturated heterocycles. The van der Waals surface area contributed by atoms with Crippen LogP contribution in [0, 0.1) is 0 Å². The fraction of sp³-hybridized carbons (Fsp3) is 0.562. The van der Waals surface area contributed by atoms with Gasteiger partial charge in [0.15, 0.2) is 0 Å². The van der Waals surface area contributed by atoms with E-state index in [4.69, 9.17) is 10.5 Å². The largest absolute Gasteiger partial charge is 0.399 e. The van der Waals surface area contributed by atoms with Gasteiger partial charge in [-0.2, -0.15) is 0 Å². The number of nitrogens with two attached hydrogens (primary N) is 1. The third kappa shape index (κ3) is 3.54. The third-order valence-electron chi connectivity index (χ3n) is 4.39. The van der Waals surface area contributed by atoms with E-state index in [1.807, 2.05) is 12.1 Å². The summed E-state index contributed by atoms with van der Waals surface area (Å²) in [5, 5.41) is 2.93. The molecule has 0 spiro atoms. The molecule has 2 aliphatic rings. The van der Waals surface area contributed by atoms with Crippen molar-refractivity contribution in [1.29, 1.82) is 0 Å². The maximum Gasteiger partial charge on any atom is 0.238 e. The zero-order chi connectivity index (χ0) is 14.7. The van der Waals surface area contributed by atoms with E-state index in [2.05, 4.69) is 10.2 Å². The van der Waals surface area contributed by atoms with E-state index in [-0.39, 0.29) is 5.91 Å². The summed E-state index contributed by atoms with van der Waals surface area (Å²) in [5.74, 6) is 0.0333. The van der Waals surface area contributed by atoms with Crippen LogP contribution in [-0.2, 0) is 9.53 Å². The highest BCUT2D eigenvalue weighted by atomic mass is 16.5. The van der Waals surface area contributed by atoms with E-state index in [1.165, 1.54) is 12.8 Å². The Morgan fingerprint density at radius 3 is 2.86 bits per heavy atom.